The van der Waals surface area contributed by atoms with Crippen LogP contribution in [0.5, 0.6) is 0 Å². The summed E-state index contributed by atoms with van der Waals surface area (Å²) in [5.74, 6) is -0.433. The summed E-state index contributed by atoms with van der Waals surface area (Å²) in [6.07, 6.45) is 4.98. The summed E-state index contributed by atoms with van der Waals surface area (Å²) >= 11 is 3.23. The fourth-order valence-electron chi connectivity index (χ4n) is 4.34. The van der Waals surface area contributed by atoms with Gasteiger partial charge in [-0.25, -0.2) is 0 Å². The Bertz CT molecular complexity index is 726. The van der Waals surface area contributed by atoms with Gasteiger partial charge in [-0.05, 0) is 46.3 Å². The number of imide groups is 1. The Hall–Kier alpha value is -1.89. The first-order chi connectivity index (χ1) is 11.5. The molecule has 3 aliphatic rings. The van der Waals surface area contributed by atoms with E-state index in [1.54, 1.807) is 12.1 Å². The molecule has 1 aromatic rings. The van der Waals surface area contributed by atoms with E-state index in [9.17, 15) is 14.4 Å². The highest BCUT2D eigenvalue weighted by Gasteiger charge is 2.60. The molecule has 2 fully saturated rings. The molecule has 3 amide bonds. The Morgan fingerprint density at radius 2 is 1.92 bits per heavy atom. The molecule has 1 saturated carbocycles. The number of carbonyl (C=O) groups is 3. The molecule has 1 saturated heterocycles. The number of rotatable bonds is 4. The summed E-state index contributed by atoms with van der Waals surface area (Å²) in [6.45, 7) is 0. The minimum Gasteiger partial charge on any atom is -0.452 e. The van der Waals surface area contributed by atoms with E-state index >= 15 is 0 Å². The van der Waals surface area contributed by atoms with E-state index in [0.717, 1.165) is 6.42 Å². The van der Waals surface area contributed by atoms with E-state index < -0.39 is 6.04 Å². The van der Waals surface area contributed by atoms with Gasteiger partial charge >= 0.3 is 0 Å². The standard InChI is InChI=1S/C17H17BrN2O4/c1-19-13(21)7-10(11-4-5-12(18)24-11)20-16(22)14-8-2-3-9(6-8)15(14)17(20)23/h2-5,8-10,14-15H,6-7H2,1H3,(H,19,21). The van der Waals surface area contributed by atoms with Gasteiger partial charge in [-0.1, -0.05) is 12.2 Å². The number of nitrogens with zero attached hydrogens (tertiary/aromatic N) is 1. The zero-order valence-electron chi connectivity index (χ0n) is 13.1. The van der Waals surface area contributed by atoms with E-state index in [0.29, 0.717) is 10.4 Å². The zero-order chi connectivity index (χ0) is 17.0. The highest BCUT2D eigenvalue weighted by atomic mass is 79.9. The summed E-state index contributed by atoms with van der Waals surface area (Å²) in [7, 11) is 1.53. The van der Waals surface area contributed by atoms with E-state index in [1.165, 1.54) is 11.9 Å². The normalized spacial score (nSPS) is 31.7. The van der Waals surface area contributed by atoms with E-state index in [2.05, 4.69) is 33.4 Å². The number of nitrogens with one attached hydrogen (secondary N) is 1. The molecule has 2 bridgehead atoms. The van der Waals surface area contributed by atoms with Gasteiger partial charge in [0.25, 0.3) is 0 Å². The van der Waals surface area contributed by atoms with Crippen LogP contribution in [0.3, 0.4) is 0 Å². The van der Waals surface area contributed by atoms with Crippen molar-refractivity contribution in [1.82, 2.24) is 10.2 Å². The van der Waals surface area contributed by atoms with Crippen molar-refractivity contribution >= 4 is 33.7 Å². The first-order valence-electron chi connectivity index (χ1n) is 8.02. The lowest BCUT2D eigenvalue weighted by atomic mass is 9.85. The van der Waals surface area contributed by atoms with Gasteiger partial charge in [-0.15, -0.1) is 0 Å². The molecule has 126 valence electrons. The van der Waals surface area contributed by atoms with Crippen LogP contribution in [0.1, 0.15) is 24.6 Å². The van der Waals surface area contributed by atoms with Gasteiger partial charge in [0.1, 0.15) is 11.8 Å². The molecule has 4 rings (SSSR count). The molecule has 24 heavy (non-hydrogen) atoms. The van der Waals surface area contributed by atoms with Crippen LogP contribution in [0.15, 0.2) is 33.4 Å². The third kappa shape index (κ3) is 2.17. The number of carbonyl (C=O) groups excluding carboxylic acids is 3. The molecule has 5 unspecified atom stereocenters. The first kappa shape index (κ1) is 15.6. The number of amides is 3. The molecular formula is C17H17BrN2O4. The van der Waals surface area contributed by atoms with Gasteiger partial charge < -0.3 is 9.73 Å². The van der Waals surface area contributed by atoms with Crippen LogP contribution in [-0.4, -0.2) is 29.7 Å². The average molecular weight is 393 g/mol. The molecular weight excluding hydrogens is 376 g/mol. The zero-order valence-corrected chi connectivity index (χ0v) is 14.7. The highest BCUT2D eigenvalue weighted by Crippen LogP contribution is 2.54. The smallest absolute Gasteiger partial charge is 0.234 e. The molecule has 2 heterocycles. The maximum absolute atomic E-state index is 13.0. The van der Waals surface area contributed by atoms with Crippen LogP contribution in [0.25, 0.3) is 0 Å². The van der Waals surface area contributed by atoms with E-state index in [4.69, 9.17) is 4.42 Å². The Labute approximate surface area is 147 Å². The van der Waals surface area contributed by atoms with E-state index in [-0.39, 0.29) is 47.8 Å². The maximum Gasteiger partial charge on any atom is 0.234 e. The van der Waals surface area contributed by atoms with Crippen molar-refractivity contribution in [1.29, 1.82) is 0 Å². The number of fused-ring (bicyclic) bond motifs is 5. The molecule has 1 N–H and O–H groups in total. The number of halogens is 1. The molecule has 0 radical (unpaired) electrons. The van der Waals surface area contributed by atoms with Crippen molar-refractivity contribution in [3.05, 3.63) is 34.7 Å². The lowest BCUT2D eigenvalue weighted by molar-refractivity contribution is -0.144. The summed E-state index contributed by atoms with van der Waals surface area (Å²) in [5.41, 5.74) is 0. The van der Waals surface area contributed by atoms with Crippen LogP contribution in [0.2, 0.25) is 0 Å². The second kappa shape index (κ2) is 5.58. The summed E-state index contributed by atoms with van der Waals surface area (Å²) < 4.78 is 6.07. The third-order valence-electron chi connectivity index (χ3n) is 5.40. The second-order valence-corrected chi connectivity index (χ2v) is 7.36. The Balaban J connectivity index is 1.69. The number of allylic oxidation sites excluding steroid dienone is 2. The predicted octanol–water partition coefficient (Wildman–Crippen LogP) is 2.03. The van der Waals surface area contributed by atoms with Crippen LogP contribution < -0.4 is 5.32 Å². The van der Waals surface area contributed by atoms with Gasteiger partial charge in [-0.2, -0.15) is 0 Å². The fraction of sp³-hybridized carbons (Fsp3) is 0.471. The second-order valence-electron chi connectivity index (χ2n) is 6.58. The molecule has 0 aromatic carbocycles. The van der Waals surface area contributed by atoms with Crippen molar-refractivity contribution in [2.45, 2.75) is 18.9 Å². The summed E-state index contributed by atoms with van der Waals surface area (Å²) in [6, 6.07) is 2.68. The van der Waals surface area contributed by atoms with Crippen LogP contribution in [0, 0.1) is 23.7 Å². The van der Waals surface area contributed by atoms with Crippen molar-refractivity contribution in [3.8, 4) is 0 Å². The van der Waals surface area contributed by atoms with Crippen molar-refractivity contribution in [3.63, 3.8) is 0 Å². The van der Waals surface area contributed by atoms with Gasteiger partial charge in [-0.3, -0.25) is 19.3 Å². The topological polar surface area (TPSA) is 79.6 Å². The van der Waals surface area contributed by atoms with E-state index in [1.807, 2.05) is 0 Å². The van der Waals surface area contributed by atoms with Crippen molar-refractivity contribution in [2.24, 2.45) is 23.7 Å². The molecule has 1 aliphatic heterocycles. The fourth-order valence-corrected chi connectivity index (χ4v) is 4.66. The van der Waals surface area contributed by atoms with Gasteiger partial charge in [0.15, 0.2) is 4.67 Å². The Morgan fingerprint density at radius 3 is 2.42 bits per heavy atom. The largest absolute Gasteiger partial charge is 0.452 e. The molecule has 2 aliphatic carbocycles. The Morgan fingerprint density at radius 1 is 1.29 bits per heavy atom. The maximum atomic E-state index is 13.0. The highest BCUT2D eigenvalue weighted by molar-refractivity contribution is 9.10. The van der Waals surface area contributed by atoms with Crippen LogP contribution in [0.4, 0.5) is 0 Å². The van der Waals surface area contributed by atoms with Gasteiger partial charge in [0.05, 0.1) is 18.3 Å². The number of furan rings is 1. The monoisotopic (exact) mass is 392 g/mol. The number of likely N-dealkylation sites (tertiary alicyclic amines) is 1. The summed E-state index contributed by atoms with van der Waals surface area (Å²) in [5, 5.41) is 2.55. The number of hydrogen-bond donors (Lipinski definition) is 1. The summed E-state index contributed by atoms with van der Waals surface area (Å²) in [4.78, 5) is 39.1. The lowest BCUT2D eigenvalue weighted by Gasteiger charge is -2.25. The molecule has 6 nitrogen and oxygen atoms in total. The number of hydrogen-bond acceptors (Lipinski definition) is 4. The minimum atomic E-state index is -0.707. The Kier molecular flexibility index (Phi) is 3.63. The molecule has 1 aromatic heterocycles. The van der Waals surface area contributed by atoms with Crippen molar-refractivity contribution < 1.29 is 18.8 Å². The van der Waals surface area contributed by atoms with Gasteiger partial charge in [0, 0.05) is 7.05 Å². The van der Waals surface area contributed by atoms with Crippen molar-refractivity contribution in [2.75, 3.05) is 7.05 Å². The minimum absolute atomic E-state index is 0.00383. The third-order valence-corrected chi connectivity index (χ3v) is 5.82. The first-order valence-corrected chi connectivity index (χ1v) is 8.81. The molecule has 0 spiro atoms. The lowest BCUT2D eigenvalue weighted by Crippen LogP contribution is -2.38. The van der Waals surface area contributed by atoms with Crippen LogP contribution in [-0.2, 0) is 14.4 Å². The van der Waals surface area contributed by atoms with Crippen LogP contribution >= 0.6 is 15.9 Å². The predicted molar refractivity (Wildman–Crippen MR) is 87.4 cm³/mol. The SMILES string of the molecule is CNC(=O)CC(c1ccc(Br)o1)N1C(=O)C2C3C=CC(C3)C2C1=O. The van der Waals surface area contributed by atoms with Gasteiger partial charge in [0.2, 0.25) is 17.7 Å². The molecule has 7 heteroatoms. The molecule has 5 atom stereocenters. The quantitative estimate of drug-likeness (QED) is 0.627. The average Bonchev–Trinajstić information content (AvgIpc) is 3.31.